The van der Waals surface area contributed by atoms with Crippen molar-refractivity contribution < 1.29 is 81.5 Å². The third kappa shape index (κ3) is 25.4. The zero-order valence-electron chi connectivity index (χ0n) is 59.7. The topological polar surface area (TPSA) is 440 Å². The smallest absolute Gasteiger partial charge is 0.310 e. The van der Waals surface area contributed by atoms with E-state index < -0.39 is 56.1 Å². The molecular weight excluding hydrogens is 1350 g/mol. The molecule has 30 nitrogen and oxygen atoms in total. The van der Waals surface area contributed by atoms with E-state index in [4.69, 9.17) is 50.4 Å². The van der Waals surface area contributed by atoms with E-state index in [0.717, 1.165) is 32.1 Å². The number of carbonyl (C=O) groups is 7. The molecule has 554 valence electrons. The molecule has 7 rings (SSSR count). The van der Waals surface area contributed by atoms with Gasteiger partial charge in [0.1, 0.15) is 23.0 Å². The van der Waals surface area contributed by atoms with Gasteiger partial charge in [-0.3, -0.25) is 63.9 Å². The number of amides is 7. The number of anilines is 4. The SMILES string of the molecule is CC(C)COc1cc(C(N)=O)ccc1NC(=O)c1ccc(NC(=O)c2ccc([N+](=O)[O-])c(OC(C)C)c2)c(OC(C)C)c1.CCCCOc1cc(C(N)=O)ccc1NC(=O)c1ccc([N+](=O)[O-])c(OCCCC)c1.CCCOc1cc(C(N)=O)ccc1NC(=O)c1ccc([N+](=O)[O-])c(OCC(C)C)c1. The monoisotopic (exact) mass is 1440 g/mol. The first-order valence-corrected chi connectivity index (χ1v) is 33.4. The predicted octanol–water partition coefficient (Wildman–Crippen LogP) is 13.9. The van der Waals surface area contributed by atoms with E-state index in [9.17, 15) is 63.9 Å². The molecular formula is C74H88N10O20. The maximum Gasteiger partial charge on any atom is 0.310 e. The Labute approximate surface area is 601 Å². The Balaban J connectivity index is 0.000000287. The molecule has 0 aromatic heterocycles. The molecule has 0 atom stereocenters. The van der Waals surface area contributed by atoms with Crippen LogP contribution in [0.25, 0.3) is 0 Å². The minimum atomic E-state index is -0.627. The van der Waals surface area contributed by atoms with Crippen molar-refractivity contribution in [1.29, 1.82) is 0 Å². The second-order valence-corrected chi connectivity index (χ2v) is 24.6. The third-order valence-corrected chi connectivity index (χ3v) is 14.1. The highest BCUT2D eigenvalue weighted by molar-refractivity contribution is 6.09. The van der Waals surface area contributed by atoms with Crippen molar-refractivity contribution in [3.63, 3.8) is 0 Å². The van der Waals surface area contributed by atoms with Crippen LogP contribution in [-0.2, 0) is 0 Å². The Morgan fingerprint density at radius 1 is 0.346 bits per heavy atom. The van der Waals surface area contributed by atoms with E-state index in [2.05, 4.69) is 21.3 Å². The molecule has 30 heteroatoms. The summed E-state index contributed by atoms with van der Waals surface area (Å²) < 4.78 is 39.6. The molecule has 0 aliphatic carbocycles. The lowest BCUT2D eigenvalue weighted by atomic mass is 10.1. The first-order chi connectivity index (χ1) is 49.3. The van der Waals surface area contributed by atoms with Crippen LogP contribution in [0, 0.1) is 42.2 Å². The van der Waals surface area contributed by atoms with Crippen molar-refractivity contribution in [3.8, 4) is 40.2 Å². The molecule has 0 radical (unpaired) electrons. The van der Waals surface area contributed by atoms with Gasteiger partial charge in [-0.15, -0.1) is 0 Å². The number of hydrogen-bond donors (Lipinski definition) is 7. The average Bonchev–Trinajstić information content (AvgIpc) is 0.811. The summed E-state index contributed by atoms with van der Waals surface area (Å²) >= 11 is 0. The van der Waals surface area contributed by atoms with Gasteiger partial charge >= 0.3 is 17.1 Å². The molecule has 0 saturated carbocycles. The van der Waals surface area contributed by atoms with Crippen LogP contribution in [0.15, 0.2) is 127 Å². The molecule has 7 amide bonds. The number of hydrogen-bond acceptors (Lipinski definition) is 20. The van der Waals surface area contributed by atoms with Crippen LogP contribution in [-0.4, -0.2) is 101 Å². The summed E-state index contributed by atoms with van der Waals surface area (Å²) in [7, 11) is 0. The number of rotatable bonds is 35. The molecule has 104 heavy (non-hydrogen) atoms. The summed E-state index contributed by atoms with van der Waals surface area (Å²) in [5, 5.41) is 44.9. The molecule has 0 saturated heterocycles. The molecule has 0 spiro atoms. The van der Waals surface area contributed by atoms with Crippen molar-refractivity contribution >= 4 is 81.2 Å². The molecule has 0 bridgehead atoms. The summed E-state index contributed by atoms with van der Waals surface area (Å²) in [6.07, 6.45) is 3.41. The normalized spacial score (nSPS) is 10.6. The number of benzene rings is 7. The predicted molar refractivity (Wildman–Crippen MR) is 391 cm³/mol. The first-order valence-electron chi connectivity index (χ1n) is 33.4. The molecule has 0 aliphatic heterocycles. The number of carbonyl (C=O) groups excluding carboxylic acids is 7. The lowest BCUT2D eigenvalue weighted by Crippen LogP contribution is -2.18. The highest BCUT2D eigenvalue weighted by Crippen LogP contribution is 2.36. The van der Waals surface area contributed by atoms with E-state index in [1.165, 1.54) is 127 Å². The number of nitrogens with one attached hydrogen (secondary N) is 4. The van der Waals surface area contributed by atoms with Crippen LogP contribution in [0.2, 0.25) is 0 Å². The number of unbranched alkanes of at least 4 members (excludes halogenated alkanes) is 2. The highest BCUT2D eigenvalue weighted by Gasteiger charge is 2.25. The quantitative estimate of drug-likeness (QED) is 0.0110. The van der Waals surface area contributed by atoms with Gasteiger partial charge in [0.15, 0.2) is 17.2 Å². The Hall–Kier alpha value is -12.4. The number of nitrogens with zero attached hydrogens (tertiary/aromatic N) is 3. The van der Waals surface area contributed by atoms with Gasteiger partial charge < -0.3 is 71.6 Å². The Morgan fingerprint density at radius 2 is 0.606 bits per heavy atom. The number of ether oxygens (including phenoxy) is 7. The zero-order chi connectivity index (χ0) is 76.9. The minimum absolute atomic E-state index is 0.0212. The van der Waals surface area contributed by atoms with Crippen LogP contribution < -0.4 is 71.6 Å². The van der Waals surface area contributed by atoms with E-state index in [0.29, 0.717) is 60.7 Å². The lowest BCUT2D eigenvalue weighted by Gasteiger charge is -2.18. The Kier molecular flexibility index (Phi) is 31.8. The van der Waals surface area contributed by atoms with Crippen molar-refractivity contribution in [2.75, 3.05) is 54.3 Å². The highest BCUT2D eigenvalue weighted by atomic mass is 16.6. The van der Waals surface area contributed by atoms with Gasteiger partial charge in [0.05, 0.1) is 82.8 Å². The van der Waals surface area contributed by atoms with Crippen LogP contribution in [0.4, 0.5) is 39.8 Å². The van der Waals surface area contributed by atoms with E-state index in [1.807, 2.05) is 48.5 Å². The fourth-order valence-electron chi connectivity index (χ4n) is 8.97. The third-order valence-electron chi connectivity index (χ3n) is 14.1. The number of nitro benzene ring substituents is 3. The average molecular weight is 1440 g/mol. The summed E-state index contributed by atoms with van der Waals surface area (Å²) in [6.45, 7) is 22.4. The van der Waals surface area contributed by atoms with E-state index in [1.54, 1.807) is 27.7 Å². The van der Waals surface area contributed by atoms with Gasteiger partial charge in [-0.25, -0.2) is 0 Å². The van der Waals surface area contributed by atoms with Gasteiger partial charge in [0.25, 0.3) is 23.6 Å². The van der Waals surface area contributed by atoms with Crippen LogP contribution in [0.5, 0.6) is 40.2 Å². The fourth-order valence-corrected chi connectivity index (χ4v) is 8.97. The fraction of sp³-hybridized carbons (Fsp3) is 0.338. The number of nitro groups is 3. The van der Waals surface area contributed by atoms with Crippen molar-refractivity contribution in [2.24, 2.45) is 29.0 Å². The van der Waals surface area contributed by atoms with E-state index >= 15 is 0 Å². The molecule has 0 fully saturated rings. The van der Waals surface area contributed by atoms with Crippen LogP contribution >= 0.6 is 0 Å². The zero-order valence-corrected chi connectivity index (χ0v) is 59.7. The minimum Gasteiger partial charge on any atom is -0.491 e. The largest absolute Gasteiger partial charge is 0.491 e. The van der Waals surface area contributed by atoms with Crippen molar-refractivity contribution in [2.45, 2.75) is 120 Å². The molecule has 0 heterocycles. The Bertz CT molecular complexity index is 4230. The van der Waals surface area contributed by atoms with Crippen molar-refractivity contribution in [1.82, 2.24) is 0 Å². The van der Waals surface area contributed by atoms with Gasteiger partial charge in [0.2, 0.25) is 17.7 Å². The molecule has 0 unspecified atom stereocenters. The second-order valence-electron chi connectivity index (χ2n) is 24.6. The number of primary amides is 3. The molecule has 7 aromatic rings. The molecule has 7 aromatic carbocycles. The summed E-state index contributed by atoms with van der Waals surface area (Å²) in [5.41, 5.74) is 18.2. The van der Waals surface area contributed by atoms with Crippen LogP contribution in [0.1, 0.15) is 181 Å². The van der Waals surface area contributed by atoms with Gasteiger partial charge in [-0.05, 0) is 150 Å². The standard InChI is InChI=1S/C31H36N4O8.C22H27N3O6.C21H25N3O6/c1-17(2)16-41-26-13-20(29(32)36)7-10-23(26)33-30(37)21-8-11-24(27(14-21)42-18(3)4)34-31(38)22-9-12-25(35(39)40)28(15-22)43-19(5)6;1-3-5-11-30-19-13-15(21(23)26)7-9-17(19)24-22(27)16-8-10-18(25(28)29)20(14-16)31-12-6-4-2;1-4-9-29-18-10-14(20(22)25)5-7-16(18)23-21(26)15-6-8-17(24(27)28)19(11-15)30-12-13(2)3/h7-15,17-19H,16H2,1-6H3,(H2,32,36)(H,33,37)(H,34,38);7-10,13-14H,3-6,11-12H2,1-2H3,(H2,23,26)(H,24,27);5-8,10-11,13H,4,9,12H2,1-3H3,(H2,22,25)(H,23,26). The molecule has 0 aliphatic rings. The summed E-state index contributed by atoms with van der Waals surface area (Å²) in [4.78, 5) is 119. The van der Waals surface area contributed by atoms with E-state index in [-0.39, 0.29) is 115 Å². The van der Waals surface area contributed by atoms with Gasteiger partial charge in [0, 0.05) is 75.3 Å². The van der Waals surface area contributed by atoms with Gasteiger partial charge in [-0.1, -0.05) is 61.3 Å². The number of nitrogens with two attached hydrogens (primary N) is 3. The summed E-state index contributed by atoms with van der Waals surface area (Å²) in [5.74, 6) is -2.37. The lowest BCUT2D eigenvalue weighted by molar-refractivity contribution is -0.386. The summed E-state index contributed by atoms with van der Waals surface area (Å²) in [6, 6.07) is 29.7. The van der Waals surface area contributed by atoms with Gasteiger partial charge in [-0.2, -0.15) is 0 Å². The maximum absolute atomic E-state index is 13.3. The van der Waals surface area contributed by atoms with Crippen molar-refractivity contribution in [3.05, 3.63) is 197 Å². The molecule has 10 N–H and O–H groups in total. The second kappa shape index (κ2) is 40.2. The Morgan fingerprint density at radius 3 is 0.933 bits per heavy atom. The van der Waals surface area contributed by atoms with Crippen LogP contribution in [0.3, 0.4) is 0 Å². The first kappa shape index (κ1) is 82.3. The maximum atomic E-state index is 13.3.